The van der Waals surface area contributed by atoms with E-state index in [1.165, 1.54) is 0 Å². The summed E-state index contributed by atoms with van der Waals surface area (Å²) in [4.78, 5) is 0. The number of ether oxygens (including phenoxy) is 3. The summed E-state index contributed by atoms with van der Waals surface area (Å²) in [5.41, 5.74) is 3.57. The molecule has 3 aromatic rings. The van der Waals surface area contributed by atoms with Gasteiger partial charge in [0.2, 0.25) is 5.75 Å². The summed E-state index contributed by atoms with van der Waals surface area (Å²) in [7, 11) is 4.77. The summed E-state index contributed by atoms with van der Waals surface area (Å²) in [6.45, 7) is 0. The van der Waals surface area contributed by atoms with Crippen molar-refractivity contribution < 1.29 is 23.7 Å². The van der Waals surface area contributed by atoms with Crippen LogP contribution in [-0.2, 0) is 6.42 Å². The molecule has 1 aliphatic rings. The van der Waals surface area contributed by atoms with Crippen LogP contribution in [0.2, 0.25) is 0 Å². The molecule has 5 nitrogen and oxygen atoms in total. The summed E-state index contributed by atoms with van der Waals surface area (Å²) in [6, 6.07) is 13.8. The maximum Gasteiger partial charge on any atom is 0.203 e. The normalized spacial score (nSPS) is 15.8. The third kappa shape index (κ3) is 3.02. The van der Waals surface area contributed by atoms with Crippen molar-refractivity contribution in [3.05, 3.63) is 53.8 Å². The molecule has 1 heterocycles. The molecule has 0 aliphatic heterocycles. The lowest BCUT2D eigenvalue weighted by molar-refractivity contribution is 0.153. The lowest BCUT2D eigenvalue weighted by Crippen LogP contribution is -2.07. The molecule has 2 aromatic carbocycles. The summed E-state index contributed by atoms with van der Waals surface area (Å²) < 4.78 is 22.8. The molecule has 0 radical (unpaired) electrons. The number of benzene rings is 2. The SMILES string of the molecule is COc1cc(-c2c(-c3ccccc3)oc3c2C(O)CCC3)cc(OC)c1OC. The van der Waals surface area contributed by atoms with Gasteiger partial charge < -0.3 is 23.7 Å². The number of furan rings is 1. The number of aliphatic hydroxyl groups is 1. The Bertz CT molecular complexity index is 949. The van der Waals surface area contributed by atoms with Gasteiger partial charge in [-0.15, -0.1) is 0 Å². The van der Waals surface area contributed by atoms with Gasteiger partial charge >= 0.3 is 0 Å². The highest BCUT2D eigenvalue weighted by Crippen LogP contribution is 2.49. The molecule has 1 unspecified atom stereocenters. The Labute approximate surface area is 164 Å². The van der Waals surface area contributed by atoms with E-state index in [0.29, 0.717) is 17.2 Å². The van der Waals surface area contributed by atoms with Crippen LogP contribution in [0.4, 0.5) is 0 Å². The molecule has 0 fully saturated rings. The molecule has 1 aliphatic carbocycles. The van der Waals surface area contributed by atoms with Gasteiger partial charge in [-0.1, -0.05) is 30.3 Å². The molecule has 146 valence electrons. The Kier molecular flexibility index (Phi) is 5.01. The van der Waals surface area contributed by atoms with Crippen molar-refractivity contribution in [2.45, 2.75) is 25.4 Å². The van der Waals surface area contributed by atoms with E-state index in [4.69, 9.17) is 18.6 Å². The fourth-order valence-corrected chi connectivity index (χ4v) is 3.93. The first-order chi connectivity index (χ1) is 13.7. The number of hydrogen-bond donors (Lipinski definition) is 1. The largest absolute Gasteiger partial charge is 0.493 e. The van der Waals surface area contributed by atoms with Crippen molar-refractivity contribution >= 4 is 0 Å². The second kappa shape index (κ2) is 7.60. The zero-order valence-electron chi connectivity index (χ0n) is 16.3. The number of fused-ring (bicyclic) bond motifs is 1. The molecule has 0 amide bonds. The fraction of sp³-hybridized carbons (Fsp3) is 0.304. The Balaban J connectivity index is 2.01. The van der Waals surface area contributed by atoms with Gasteiger partial charge in [0.25, 0.3) is 0 Å². The van der Waals surface area contributed by atoms with Crippen LogP contribution in [0.5, 0.6) is 17.2 Å². The number of methoxy groups -OCH3 is 3. The first-order valence-corrected chi connectivity index (χ1v) is 9.37. The third-order valence-electron chi connectivity index (χ3n) is 5.23. The van der Waals surface area contributed by atoms with Gasteiger partial charge in [0.1, 0.15) is 11.5 Å². The van der Waals surface area contributed by atoms with Crippen molar-refractivity contribution in [3.8, 4) is 39.7 Å². The van der Waals surface area contributed by atoms with Crippen LogP contribution >= 0.6 is 0 Å². The molecule has 0 bridgehead atoms. The zero-order chi connectivity index (χ0) is 19.7. The molecule has 28 heavy (non-hydrogen) atoms. The van der Waals surface area contributed by atoms with Gasteiger partial charge in [0.15, 0.2) is 11.5 Å². The highest BCUT2D eigenvalue weighted by molar-refractivity contribution is 5.85. The van der Waals surface area contributed by atoms with E-state index in [-0.39, 0.29) is 0 Å². The molecule has 1 N–H and O–H groups in total. The molecule has 0 saturated heterocycles. The topological polar surface area (TPSA) is 61.1 Å². The standard InChI is InChI=1S/C23H24O5/c1-25-18-12-15(13-19(26-2)23(18)27-3)20-21-16(24)10-7-11-17(21)28-22(20)14-8-5-4-6-9-14/h4-6,8-9,12-13,16,24H,7,10-11H2,1-3H3. The molecular weight excluding hydrogens is 356 g/mol. The maximum absolute atomic E-state index is 10.8. The molecule has 4 rings (SSSR count). The first kappa shape index (κ1) is 18.4. The van der Waals surface area contributed by atoms with Crippen LogP contribution in [0.3, 0.4) is 0 Å². The van der Waals surface area contributed by atoms with Crippen molar-refractivity contribution in [1.82, 2.24) is 0 Å². The highest BCUT2D eigenvalue weighted by Gasteiger charge is 2.31. The molecule has 1 atom stereocenters. The Morgan fingerprint density at radius 2 is 1.61 bits per heavy atom. The van der Waals surface area contributed by atoms with Gasteiger partial charge in [-0.25, -0.2) is 0 Å². The Morgan fingerprint density at radius 3 is 2.21 bits per heavy atom. The minimum atomic E-state index is -0.556. The van der Waals surface area contributed by atoms with Crippen LogP contribution in [0.1, 0.15) is 30.3 Å². The second-order valence-electron chi connectivity index (χ2n) is 6.83. The van der Waals surface area contributed by atoms with E-state index >= 15 is 0 Å². The van der Waals surface area contributed by atoms with Crippen LogP contribution in [0.15, 0.2) is 46.9 Å². The zero-order valence-corrected chi connectivity index (χ0v) is 16.3. The molecule has 0 spiro atoms. The highest BCUT2D eigenvalue weighted by atomic mass is 16.5. The lowest BCUT2D eigenvalue weighted by atomic mass is 9.88. The Morgan fingerprint density at radius 1 is 0.929 bits per heavy atom. The summed E-state index contributed by atoms with van der Waals surface area (Å²) in [5.74, 6) is 3.27. The van der Waals surface area contributed by atoms with E-state index < -0.39 is 6.10 Å². The number of hydrogen-bond acceptors (Lipinski definition) is 5. The third-order valence-corrected chi connectivity index (χ3v) is 5.23. The quantitative estimate of drug-likeness (QED) is 0.674. The number of aliphatic hydroxyl groups excluding tert-OH is 1. The monoisotopic (exact) mass is 380 g/mol. The summed E-state index contributed by atoms with van der Waals surface area (Å²) >= 11 is 0. The van der Waals surface area contributed by atoms with Gasteiger partial charge in [-0.3, -0.25) is 0 Å². The van der Waals surface area contributed by atoms with Crippen molar-refractivity contribution in [2.75, 3.05) is 21.3 Å². The predicted octanol–water partition coefficient (Wildman–Crippen LogP) is 5.01. The van der Waals surface area contributed by atoms with E-state index in [2.05, 4.69) is 0 Å². The van der Waals surface area contributed by atoms with Crippen LogP contribution in [0, 0.1) is 0 Å². The van der Waals surface area contributed by atoms with E-state index in [1.54, 1.807) is 21.3 Å². The summed E-state index contributed by atoms with van der Waals surface area (Å²) in [5, 5.41) is 10.8. The average Bonchev–Trinajstić information content (AvgIpc) is 3.14. The van der Waals surface area contributed by atoms with E-state index in [1.807, 2.05) is 42.5 Å². The minimum Gasteiger partial charge on any atom is -0.493 e. The van der Waals surface area contributed by atoms with E-state index in [9.17, 15) is 5.11 Å². The van der Waals surface area contributed by atoms with Crippen LogP contribution < -0.4 is 14.2 Å². The van der Waals surface area contributed by atoms with Crippen molar-refractivity contribution in [1.29, 1.82) is 0 Å². The van der Waals surface area contributed by atoms with Gasteiger partial charge in [-0.2, -0.15) is 0 Å². The molecule has 1 aromatic heterocycles. The van der Waals surface area contributed by atoms with Gasteiger partial charge in [-0.05, 0) is 30.5 Å². The summed E-state index contributed by atoms with van der Waals surface area (Å²) in [6.07, 6.45) is 1.89. The maximum atomic E-state index is 10.8. The fourth-order valence-electron chi connectivity index (χ4n) is 3.93. The van der Waals surface area contributed by atoms with Gasteiger partial charge in [0.05, 0.1) is 27.4 Å². The molecule has 0 saturated carbocycles. The van der Waals surface area contributed by atoms with Crippen molar-refractivity contribution in [2.24, 2.45) is 0 Å². The number of aryl methyl sites for hydroxylation is 1. The van der Waals surface area contributed by atoms with E-state index in [0.717, 1.165) is 53.0 Å². The Hall–Kier alpha value is -2.92. The van der Waals surface area contributed by atoms with Crippen LogP contribution in [-0.4, -0.2) is 26.4 Å². The molecular formula is C23H24O5. The minimum absolute atomic E-state index is 0.535. The number of rotatable bonds is 5. The molecule has 5 heteroatoms. The van der Waals surface area contributed by atoms with Crippen LogP contribution in [0.25, 0.3) is 22.5 Å². The lowest BCUT2D eigenvalue weighted by Gasteiger charge is -2.19. The van der Waals surface area contributed by atoms with Gasteiger partial charge in [0, 0.05) is 23.1 Å². The first-order valence-electron chi connectivity index (χ1n) is 9.37. The van der Waals surface area contributed by atoms with Crippen molar-refractivity contribution in [3.63, 3.8) is 0 Å². The average molecular weight is 380 g/mol. The second-order valence-corrected chi connectivity index (χ2v) is 6.83. The smallest absolute Gasteiger partial charge is 0.203 e. The predicted molar refractivity (Wildman–Crippen MR) is 107 cm³/mol.